The second-order valence-corrected chi connectivity index (χ2v) is 7.12. The first-order chi connectivity index (χ1) is 11.5. The molecule has 0 aliphatic carbocycles. The number of aromatic nitrogens is 1. The van der Waals surface area contributed by atoms with Gasteiger partial charge in [0.15, 0.2) is 0 Å². The van der Waals surface area contributed by atoms with Crippen LogP contribution in [0.5, 0.6) is 0 Å². The molecule has 0 radical (unpaired) electrons. The lowest BCUT2D eigenvalue weighted by atomic mass is 10.0. The number of thiophene rings is 1. The summed E-state index contributed by atoms with van der Waals surface area (Å²) < 4.78 is 0. The Bertz CT molecular complexity index is 642. The molecule has 0 aliphatic rings. The molecule has 2 aromatic rings. The minimum Gasteiger partial charge on any atom is -0.350 e. The third kappa shape index (κ3) is 6.12. The van der Waals surface area contributed by atoms with E-state index in [2.05, 4.69) is 15.6 Å². The summed E-state index contributed by atoms with van der Waals surface area (Å²) in [5.41, 5.74) is 0.930. The fraction of sp³-hybridized carbons (Fsp3) is 0.389. The van der Waals surface area contributed by atoms with Crippen LogP contribution in [0.4, 0.5) is 0 Å². The van der Waals surface area contributed by atoms with Crippen molar-refractivity contribution in [3.8, 4) is 0 Å². The summed E-state index contributed by atoms with van der Waals surface area (Å²) in [7, 11) is 0. The van der Waals surface area contributed by atoms with Crippen LogP contribution in [0.3, 0.4) is 0 Å². The molecule has 2 aromatic heterocycles. The highest BCUT2D eigenvalue weighted by Gasteiger charge is 2.21. The monoisotopic (exact) mass is 345 g/mol. The van der Waals surface area contributed by atoms with Crippen molar-refractivity contribution in [2.45, 2.75) is 39.3 Å². The van der Waals surface area contributed by atoms with Crippen molar-refractivity contribution in [2.24, 2.45) is 5.92 Å². The predicted octanol–water partition coefficient (Wildman–Crippen LogP) is 2.53. The standard InChI is InChI=1S/C18H23N3O2S/c1-13(2)9-16(21-17(22)10-15-6-4-8-24-15)18(23)20-12-14-5-3-7-19-11-14/h3-8,11,13,16H,9-10,12H2,1-2H3,(H,20,23)(H,21,22)/t16-/m0/s1. The summed E-state index contributed by atoms with van der Waals surface area (Å²) in [6.45, 7) is 4.47. The summed E-state index contributed by atoms with van der Waals surface area (Å²) in [6.07, 6.45) is 4.32. The third-order valence-corrected chi connectivity index (χ3v) is 4.34. The fourth-order valence-electron chi connectivity index (χ4n) is 2.33. The first kappa shape index (κ1) is 18.1. The van der Waals surface area contributed by atoms with Crippen molar-refractivity contribution in [3.63, 3.8) is 0 Å². The quantitative estimate of drug-likeness (QED) is 0.772. The zero-order valence-electron chi connectivity index (χ0n) is 14.0. The summed E-state index contributed by atoms with van der Waals surface area (Å²) in [5.74, 6) is 0.0212. The molecule has 0 aliphatic heterocycles. The van der Waals surface area contributed by atoms with Gasteiger partial charge in [-0.2, -0.15) is 0 Å². The second kappa shape index (κ2) is 9.17. The number of amides is 2. The van der Waals surface area contributed by atoms with Gasteiger partial charge in [-0.15, -0.1) is 11.3 Å². The Balaban J connectivity index is 1.90. The maximum atomic E-state index is 12.4. The number of nitrogens with zero attached hydrogens (tertiary/aromatic N) is 1. The van der Waals surface area contributed by atoms with Crippen LogP contribution in [0.1, 0.15) is 30.7 Å². The smallest absolute Gasteiger partial charge is 0.242 e. The minimum absolute atomic E-state index is 0.125. The molecule has 2 rings (SSSR count). The Morgan fingerprint density at radius 2 is 2.08 bits per heavy atom. The van der Waals surface area contributed by atoms with Crippen LogP contribution in [-0.4, -0.2) is 22.8 Å². The molecular weight excluding hydrogens is 322 g/mol. The Hall–Kier alpha value is -2.21. The first-order valence-corrected chi connectivity index (χ1v) is 8.91. The lowest BCUT2D eigenvalue weighted by Crippen LogP contribution is -2.47. The van der Waals surface area contributed by atoms with E-state index in [1.54, 1.807) is 12.4 Å². The molecule has 0 saturated carbocycles. The van der Waals surface area contributed by atoms with Crippen LogP contribution >= 0.6 is 11.3 Å². The van der Waals surface area contributed by atoms with E-state index in [9.17, 15) is 9.59 Å². The third-order valence-electron chi connectivity index (χ3n) is 3.46. The van der Waals surface area contributed by atoms with Gasteiger partial charge in [0.25, 0.3) is 0 Å². The molecule has 0 saturated heterocycles. The van der Waals surface area contributed by atoms with Crippen molar-refractivity contribution in [1.82, 2.24) is 15.6 Å². The van der Waals surface area contributed by atoms with E-state index in [0.717, 1.165) is 10.4 Å². The number of hydrogen-bond donors (Lipinski definition) is 2. The molecule has 1 atom stereocenters. The van der Waals surface area contributed by atoms with E-state index in [1.807, 2.05) is 43.5 Å². The van der Waals surface area contributed by atoms with Crippen LogP contribution in [0.2, 0.25) is 0 Å². The first-order valence-electron chi connectivity index (χ1n) is 8.03. The van der Waals surface area contributed by atoms with Crippen LogP contribution in [-0.2, 0) is 22.6 Å². The Morgan fingerprint density at radius 3 is 2.71 bits per heavy atom. The van der Waals surface area contributed by atoms with E-state index < -0.39 is 6.04 Å². The van der Waals surface area contributed by atoms with Gasteiger partial charge in [0.05, 0.1) is 6.42 Å². The molecule has 0 aromatic carbocycles. The molecule has 5 nitrogen and oxygen atoms in total. The molecule has 0 fully saturated rings. The van der Waals surface area contributed by atoms with E-state index in [1.165, 1.54) is 11.3 Å². The van der Waals surface area contributed by atoms with Crippen molar-refractivity contribution in [2.75, 3.05) is 0 Å². The van der Waals surface area contributed by atoms with Crippen molar-refractivity contribution >= 4 is 23.2 Å². The van der Waals surface area contributed by atoms with Gasteiger partial charge in [-0.25, -0.2) is 0 Å². The summed E-state index contributed by atoms with van der Waals surface area (Å²) in [6, 6.07) is 7.05. The topological polar surface area (TPSA) is 71.1 Å². The number of carbonyl (C=O) groups excluding carboxylic acids is 2. The van der Waals surface area contributed by atoms with Crippen LogP contribution in [0.15, 0.2) is 42.0 Å². The van der Waals surface area contributed by atoms with Gasteiger partial charge in [0, 0.05) is 23.8 Å². The zero-order chi connectivity index (χ0) is 17.4. The molecule has 2 amide bonds. The molecule has 6 heteroatoms. The maximum Gasteiger partial charge on any atom is 0.242 e. The van der Waals surface area contributed by atoms with Gasteiger partial charge in [0.1, 0.15) is 6.04 Å². The molecule has 2 heterocycles. The SMILES string of the molecule is CC(C)C[C@H](NC(=O)Cc1cccs1)C(=O)NCc1cccnc1. The summed E-state index contributed by atoms with van der Waals surface area (Å²) in [4.78, 5) is 29.7. The lowest BCUT2D eigenvalue weighted by molar-refractivity contribution is -0.129. The van der Waals surface area contributed by atoms with E-state index in [-0.39, 0.29) is 11.8 Å². The molecule has 0 bridgehead atoms. The molecular formula is C18H23N3O2S. The van der Waals surface area contributed by atoms with E-state index >= 15 is 0 Å². The van der Waals surface area contributed by atoms with Gasteiger partial charge in [0.2, 0.25) is 11.8 Å². The number of pyridine rings is 1. The van der Waals surface area contributed by atoms with E-state index in [0.29, 0.717) is 25.3 Å². The van der Waals surface area contributed by atoms with Crippen LogP contribution in [0.25, 0.3) is 0 Å². The average molecular weight is 345 g/mol. The Labute approximate surface area is 146 Å². The molecule has 2 N–H and O–H groups in total. The van der Waals surface area contributed by atoms with Gasteiger partial charge >= 0.3 is 0 Å². The van der Waals surface area contributed by atoms with Crippen LogP contribution < -0.4 is 10.6 Å². The van der Waals surface area contributed by atoms with Crippen molar-refractivity contribution in [3.05, 3.63) is 52.5 Å². The largest absolute Gasteiger partial charge is 0.350 e. The second-order valence-electron chi connectivity index (χ2n) is 6.08. The van der Waals surface area contributed by atoms with Crippen LogP contribution in [0, 0.1) is 5.92 Å². The van der Waals surface area contributed by atoms with Gasteiger partial charge in [-0.3, -0.25) is 14.6 Å². The normalized spacial score (nSPS) is 12.0. The van der Waals surface area contributed by atoms with Gasteiger partial charge < -0.3 is 10.6 Å². The van der Waals surface area contributed by atoms with Crippen molar-refractivity contribution in [1.29, 1.82) is 0 Å². The summed E-state index contributed by atoms with van der Waals surface area (Å²) in [5, 5.41) is 7.68. The average Bonchev–Trinajstić information content (AvgIpc) is 3.05. The molecule has 0 unspecified atom stereocenters. The highest BCUT2D eigenvalue weighted by atomic mass is 32.1. The van der Waals surface area contributed by atoms with Gasteiger partial charge in [-0.1, -0.05) is 26.0 Å². The van der Waals surface area contributed by atoms with Crippen molar-refractivity contribution < 1.29 is 9.59 Å². The number of nitrogens with one attached hydrogen (secondary N) is 2. The fourth-order valence-corrected chi connectivity index (χ4v) is 3.04. The van der Waals surface area contributed by atoms with E-state index in [4.69, 9.17) is 0 Å². The molecule has 128 valence electrons. The highest BCUT2D eigenvalue weighted by molar-refractivity contribution is 7.10. The van der Waals surface area contributed by atoms with Gasteiger partial charge in [-0.05, 0) is 35.4 Å². The number of hydrogen-bond acceptors (Lipinski definition) is 4. The zero-order valence-corrected chi connectivity index (χ0v) is 14.8. The Morgan fingerprint density at radius 1 is 1.25 bits per heavy atom. The summed E-state index contributed by atoms with van der Waals surface area (Å²) >= 11 is 1.54. The molecule has 0 spiro atoms. The maximum absolute atomic E-state index is 12.4. The highest BCUT2D eigenvalue weighted by Crippen LogP contribution is 2.10. The number of rotatable bonds is 8. The minimum atomic E-state index is -0.519. The number of carbonyl (C=O) groups is 2. The lowest BCUT2D eigenvalue weighted by Gasteiger charge is -2.20. The Kier molecular flexibility index (Phi) is 6.93. The molecule has 24 heavy (non-hydrogen) atoms. The predicted molar refractivity (Wildman–Crippen MR) is 95.5 cm³/mol.